The quantitative estimate of drug-likeness (QED) is 0.641. The van der Waals surface area contributed by atoms with Crippen LogP contribution >= 0.6 is 12.4 Å². The van der Waals surface area contributed by atoms with Crippen molar-refractivity contribution < 1.29 is 9.59 Å². The third-order valence-corrected chi connectivity index (χ3v) is 3.75. The van der Waals surface area contributed by atoms with E-state index in [1.807, 2.05) is 13.8 Å². The number of nitrogens with one attached hydrogen (secondary N) is 2. The molecule has 126 valence electrons. The van der Waals surface area contributed by atoms with Gasteiger partial charge in [-0.25, -0.2) is 0 Å². The van der Waals surface area contributed by atoms with E-state index in [9.17, 15) is 9.59 Å². The van der Waals surface area contributed by atoms with E-state index in [0.29, 0.717) is 24.2 Å². The maximum Gasteiger partial charge on any atom is 0.268 e. The van der Waals surface area contributed by atoms with Gasteiger partial charge in [0.25, 0.3) is 5.91 Å². The van der Waals surface area contributed by atoms with E-state index in [2.05, 4.69) is 17.2 Å². The maximum absolute atomic E-state index is 12.4. The number of hydrogen-bond donors (Lipinski definition) is 3. The monoisotopic (exact) mass is 329 g/mol. The number of carbonyl (C=O) groups is 2. The lowest BCUT2D eigenvalue weighted by molar-refractivity contribution is 0.0930. The zero-order valence-electron chi connectivity index (χ0n) is 13.9. The fourth-order valence-electron chi connectivity index (χ4n) is 2.66. The van der Waals surface area contributed by atoms with Crippen molar-refractivity contribution in [2.45, 2.75) is 59.4 Å². The molecule has 6 heteroatoms. The number of aromatic nitrogens is 1. The molecule has 1 amide bonds. The number of Topliss-reactive ketones (excluding diaryl/α,β-unsaturated/α-hetero) is 1. The first-order chi connectivity index (χ1) is 9.96. The summed E-state index contributed by atoms with van der Waals surface area (Å²) in [5.74, 6) is -0.185. The minimum absolute atomic E-state index is 0. The maximum atomic E-state index is 12.4. The van der Waals surface area contributed by atoms with E-state index < -0.39 is 0 Å². The number of ketones is 1. The summed E-state index contributed by atoms with van der Waals surface area (Å²) < 4.78 is 0. The molecular formula is C16H28ClN3O2. The second-order valence-electron chi connectivity index (χ2n) is 5.44. The number of amides is 1. The second-order valence-corrected chi connectivity index (χ2v) is 5.44. The molecule has 1 aromatic rings. The van der Waals surface area contributed by atoms with Crippen LogP contribution in [0.1, 0.15) is 72.1 Å². The van der Waals surface area contributed by atoms with Crippen LogP contribution in [0.4, 0.5) is 0 Å². The van der Waals surface area contributed by atoms with E-state index in [4.69, 9.17) is 5.73 Å². The SMILES string of the molecule is CCCCC(CN)NC(=O)c1[nH]c(C)c(C(C)=O)c1CC.Cl. The molecular weight excluding hydrogens is 302 g/mol. The molecule has 0 spiro atoms. The highest BCUT2D eigenvalue weighted by Crippen LogP contribution is 2.20. The van der Waals surface area contributed by atoms with Crippen molar-refractivity contribution in [2.75, 3.05) is 6.54 Å². The average Bonchev–Trinajstić information content (AvgIpc) is 2.79. The number of aromatic amines is 1. The first-order valence-electron chi connectivity index (χ1n) is 7.69. The highest BCUT2D eigenvalue weighted by molar-refractivity contribution is 6.02. The third kappa shape index (κ3) is 4.85. The molecule has 4 N–H and O–H groups in total. The summed E-state index contributed by atoms with van der Waals surface area (Å²) in [5, 5.41) is 2.97. The van der Waals surface area contributed by atoms with Gasteiger partial charge in [-0.15, -0.1) is 12.4 Å². The summed E-state index contributed by atoms with van der Waals surface area (Å²) in [7, 11) is 0. The summed E-state index contributed by atoms with van der Waals surface area (Å²) in [5.41, 5.74) is 8.40. The van der Waals surface area contributed by atoms with Gasteiger partial charge < -0.3 is 16.0 Å². The van der Waals surface area contributed by atoms with Crippen molar-refractivity contribution in [1.82, 2.24) is 10.3 Å². The molecule has 22 heavy (non-hydrogen) atoms. The predicted molar refractivity (Wildman–Crippen MR) is 92.0 cm³/mol. The van der Waals surface area contributed by atoms with E-state index in [0.717, 1.165) is 30.5 Å². The Morgan fingerprint density at radius 3 is 2.41 bits per heavy atom. The Hall–Kier alpha value is -1.33. The number of aryl methyl sites for hydroxylation is 1. The van der Waals surface area contributed by atoms with Crippen LogP contribution in [0.15, 0.2) is 0 Å². The van der Waals surface area contributed by atoms with Crippen molar-refractivity contribution in [3.8, 4) is 0 Å². The molecule has 1 heterocycles. The molecule has 0 aliphatic rings. The Morgan fingerprint density at radius 1 is 1.32 bits per heavy atom. The molecule has 5 nitrogen and oxygen atoms in total. The molecule has 1 aromatic heterocycles. The van der Waals surface area contributed by atoms with Crippen LogP contribution in [0.2, 0.25) is 0 Å². The minimum Gasteiger partial charge on any atom is -0.354 e. The van der Waals surface area contributed by atoms with Crippen LogP contribution < -0.4 is 11.1 Å². The third-order valence-electron chi connectivity index (χ3n) is 3.75. The van der Waals surface area contributed by atoms with Crippen molar-refractivity contribution in [1.29, 1.82) is 0 Å². The second kappa shape index (κ2) is 9.64. The molecule has 1 unspecified atom stereocenters. The lowest BCUT2D eigenvalue weighted by atomic mass is 10.0. The number of rotatable bonds is 8. The van der Waals surface area contributed by atoms with Gasteiger partial charge in [0.15, 0.2) is 5.78 Å². The van der Waals surface area contributed by atoms with Gasteiger partial charge in [-0.05, 0) is 32.3 Å². The number of carbonyl (C=O) groups excluding carboxylic acids is 2. The average molecular weight is 330 g/mol. The summed E-state index contributed by atoms with van der Waals surface area (Å²) in [6.07, 6.45) is 3.62. The summed E-state index contributed by atoms with van der Waals surface area (Å²) in [6, 6.07) is -0.0217. The van der Waals surface area contributed by atoms with E-state index in [-0.39, 0.29) is 30.1 Å². The Kier molecular flexibility index (Phi) is 9.06. The number of H-pyrrole nitrogens is 1. The van der Waals surface area contributed by atoms with Crippen molar-refractivity contribution in [3.63, 3.8) is 0 Å². The number of nitrogens with two attached hydrogens (primary N) is 1. The number of unbranched alkanes of at least 4 members (excludes halogenated alkanes) is 1. The largest absolute Gasteiger partial charge is 0.354 e. The van der Waals surface area contributed by atoms with Crippen LogP contribution in [0.3, 0.4) is 0 Å². The van der Waals surface area contributed by atoms with Crippen LogP contribution in [-0.2, 0) is 6.42 Å². The van der Waals surface area contributed by atoms with Crippen molar-refractivity contribution in [3.05, 3.63) is 22.5 Å². The van der Waals surface area contributed by atoms with Gasteiger partial charge in [-0.3, -0.25) is 9.59 Å². The van der Waals surface area contributed by atoms with Gasteiger partial charge in [0.1, 0.15) is 5.69 Å². The smallest absolute Gasteiger partial charge is 0.268 e. The molecule has 1 atom stereocenters. The van der Waals surface area contributed by atoms with E-state index in [1.165, 1.54) is 6.92 Å². The van der Waals surface area contributed by atoms with Gasteiger partial charge >= 0.3 is 0 Å². The molecule has 0 aliphatic heterocycles. The van der Waals surface area contributed by atoms with E-state index >= 15 is 0 Å². The molecule has 0 aliphatic carbocycles. The first-order valence-corrected chi connectivity index (χ1v) is 7.69. The lowest BCUT2D eigenvalue weighted by Gasteiger charge is -2.16. The highest BCUT2D eigenvalue weighted by atomic mass is 35.5. The highest BCUT2D eigenvalue weighted by Gasteiger charge is 2.22. The molecule has 0 radical (unpaired) electrons. The zero-order chi connectivity index (χ0) is 16.0. The Labute approximate surface area is 138 Å². The topological polar surface area (TPSA) is 88.0 Å². The fraction of sp³-hybridized carbons (Fsp3) is 0.625. The fourth-order valence-corrected chi connectivity index (χ4v) is 2.66. The number of halogens is 1. The minimum atomic E-state index is -0.172. The van der Waals surface area contributed by atoms with Gasteiger partial charge in [0.2, 0.25) is 0 Å². The standard InChI is InChI=1S/C16H27N3O2.ClH/c1-5-7-8-12(9-17)19-16(21)15-13(6-2)14(11(4)20)10(3)18-15;/h12,18H,5-9,17H2,1-4H3,(H,19,21);1H. The van der Waals surface area contributed by atoms with Crippen molar-refractivity contribution >= 4 is 24.1 Å². The summed E-state index contributed by atoms with van der Waals surface area (Å²) in [6.45, 7) is 7.83. The number of hydrogen-bond acceptors (Lipinski definition) is 3. The molecule has 0 saturated heterocycles. The molecule has 0 aromatic carbocycles. The zero-order valence-corrected chi connectivity index (χ0v) is 14.7. The Balaban J connectivity index is 0.00000441. The molecule has 0 fully saturated rings. The summed E-state index contributed by atoms with van der Waals surface area (Å²) in [4.78, 5) is 27.2. The molecule has 0 bridgehead atoms. The normalized spacial score (nSPS) is 11.7. The van der Waals surface area contributed by atoms with E-state index in [1.54, 1.807) is 0 Å². The predicted octanol–water partition coefficient (Wildman–Crippen LogP) is 2.76. The van der Waals surface area contributed by atoms with Crippen LogP contribution in [-0.4, -0.2) is 29.3 Å². The molecule has 0 saturated carbocycles. The molecule has 1 rings (SSSR count). The van der Waals surface area contributed by atoms with Crippen LogP contribution in [0, 0.1) is 6.92 Å². The van der Waals surface area contributed by atoms with Gasteiger partial charge in [-0.1, -0.05) is 26.7 Å². The van der Waals surface area contributed by atoms with Crippen LogP contribution in [0.5, 0.6) is 0 Å². The Morgan fingerprint density at radius 2 is 1.95 bits per heavy atom. The lowest BCUT2D eigenvalue weighted by Crippen LogP contribution is -2.40. The van der Waals surface area contributed by atoms with Gasteiger partial charge in [0.05, 0.1) is 0 Å². The van der Waals surface area contributed by atoms with Crippen LogP contribution in [0.25, 0.3) is 0 Å². The first kappa shape index (κ1) is 20.7. The summed E-state index contributed by atoms with van der Waals surface area (Å²) >= 11 is 0. The van der Waals surface area contributed by atoms with Crippen molar-refractivity contribution in [2.24, 2.45) is 5.73 Å². The Bertz CT molecular complexity index is 512. The van der Waals surface area contributed by atoms with Gasteiger partial charge in [-0.2, -0.15) is 0 Å². The van der Waals surface area contributed by atoms with Gasteiger partial charge in [0, 0.05) is 23.8 Å².